The van der Waals surface area contributed by atoms with Crippen LogP contribution in [-0.4, -0.2) is 31.9 Å². The zero-order valence-electron chi connectivity index (χ0n) is 29.9. The van der Waals surface area contributed by atoms with E-state index in [4.69, 9.17) is 9.47 Å². The summed E-state index contributed by atoms with van der Waals surface area (Å²) in [7, 11) is -3.84. The SMILES string of the molecule is O=C(Cc1ccc(S(=O)(=O)c2ccc(CC(=O)Cc3cccc(CC(=O)Oc4ccccc4)c3)cc2)cc1)Cc1cccc(CC(=O)Oc2ccccc2)c1. The summed E-state index contributed by atoms with van der Waals surface area (Å²) in [6, 6.07) is 44.6. The molecule has 0 aliphatic heterocycles. The molecule has 0 aliphatic rings. The number of rotatable bonds is 16. The summed E-state index contributed by atoms with van der Waals surface area (Å²) in [6.07, 6.45) is 0.702. The Morgan fingerprint density at radius 1 is 0.364 bits per heavy atom. The van der Waals surface area contributed by atoms with E-state index in [1.165, 1.54) is 24.3 Å². The number of ketones is 2. The minimum Gasteiger partial charge on any atom is -0.426 e. The molecule has 276 valence electrons. The quantitative estimate of drug-likeness (QED) is 0.0736. The number of carbonyl (C=O) groups is 4. The van der Waals surface area contributed by atoms with E-state index in [0.717, 1.165) is 22.3 Å². The molecule has 0 aromatic heterocycles. The predicted molar refractivity (Wildman–Crippen MR) is 208 cm³/mol. The molecule has 0 heterocycles. The van der Waals surface area contributed by atoms with Crippen LogP contribution < -0.4 is 9.47 Å². The van der Waals surface area contributed by atoms with E-state index < -0.39 is 21.8 Å². The predicted octanol–water partition coefficient (Wildman–Crippen LogP) is 7.52. The third-order valence-electron chi connectivity index (χ3n) is 8.70. The average molecular weight is 751 g/mol. The molecule has 55 heavy (non-hydrogen) atoms. The van der Waals surface area contributed by atoms with Gasteiger partial charge >= 0.3 is 11.9 Å². The Bertz CT molecular complexity index is 2220. The van der Waals surface area contributed by atoms with Gasteiger partial charge in [-0.15, -0.1) is 0 Å². The highest BCUT2D eigenvalue weighted by Gasteiger charge is 2.19. The number of hydrogen-bond donors (Lipinski definition) is 0. The third kappa shape index (κ3) is 11.3. The first-order chi connectivity index (χ1) is 26.6. The second-order valence-corrected chi connectivity index (χ2v) is 15.1. The number of benzene rings is 6. The fraction of sp³-hybridized carbons (Fsp3) is 0.130. The van der Waals surface area contributed by atoms with Gasteiger partial charge in [0, 0.05) is 25.7 Å². The Kier molecular flexibility index (Phi) is 12.6. The van der Waals surface area contributed by atoms with Gasteiger partial charge in [-0.25, -0.2) is 8.42 Å². The topological polar surface area (TPSA) is 121 Å². The van der Waals surface area contributed by atoms with E-state index in [1.807, 2.05) is 48.5 Å². The van der Waals surface area contributed by atoms with Crippen molar-refractivity contribution in [2.45, 2.75) is 48.3 Å². The molecule has 0 saturated heterocycles. The van der Waals surface area contributed by atoms with E-state index in [2.05, 4.69) is 0 Å². The zero-order chi connectivity index (χ0) is 38.6. The molecule has 0 saturated carbocycles. The fourth-order valence-electron chi connectivity index (χ4n) is 6.09. The maximum absolute atomic E-state index is 13.4. The second-order valence-electron chi connectivity index (χ2n) is 13.1. The van der Waals surface area contributed by atoms with Crippen LogP contribution in [0.5, 0.6) is 11.5 Å². The number of esters is 2. The van der Waals surface area contributed by atoms with Crippen LogP contribution in [0.3, 0.4) is 0 Å². The molecule has 0 fully saturated rings. The van der Waals surface area contributed by atoms with Crippen LogP contribution in [0.15, 0.2) is 168 Å². The van der Waals surface area contributed by atoms with E-state index in [0.29, 0.717) is 22.6 Å². The molecule has 0 N–H and O–H groups in total. The number of hydrogen-bond acceptors (Lipinski definition) is 8. The van der Waals surface area contributed by atoms with Gasteiger partial charge < -0.3 is 9.47 Å². The molecule has 0 unspecified atom stereocenters. The number of ether oxygens (including phenoxy) is 2. The highest BCUT2D eigenvalue weighted by molar-refractivity contribution is 7.91. The molecule has 6 rings (SSSR count). The van der Waals surface area contributed by atoms with Crippen molar-refractivity contribution < 1.29 is 37.1 Å². The lowest BCUT2D eigenvalue weighted by molar-refractivity contribution is -0.134. The van der Waals surface area contributed by atoms with E-state index in [1.54, 1.807) is 84.9 Å². The monoisotopic (exact) mass is 750 g/mol. The molecule has 6 aromatic rings. The Balaban J connectivity index is 0.983. The molecule has 0 amide bonds. The molecule has 6 aromatic carbocycles. The lowest BCUT2D eigenvalue weighted by Gasteiger charge is -2.09. The summed E-state index contributed by atoms with van der Waals surface area (Å²) in [5.74, 6) is 0.0378. The van der Waals surface area contributed by atoms with Crippen molar-refractivity contribution in [3.05, 3.63) is 191 Å². The fourth-order valence-corrected chi connectivity index (χ4v) is 7.35. The Morgan fingerprint density at radius 3 is 1.05 bits per heavy atom. The first kappa shape index (κ1) is 38.3. The summed E-state index contributed by atoms with van der Waals surface area (Å²) in [6.45, 7) is 0. The molecule has 0 spiro atoms. The first-order valence-electron chi connectivity index (χ1n) is 17.7. The molecule has 0 radical (unpaired) electrons. The van der Waals surface area contributed by atoms with Gasteiger partial charge in [0.05, 0.1) is 22.6 Å². The summed E-state index contributed by atoms with van der Waals surface area (Å²) in [5.41, 5.74) is 4.38. The average Bonchev–Trinajstić information content (AvgIpc) is 3.16. The minimum absolute atomic E-state index is 0.0546. The highest BCUT2D eigenvalue weighted by Crippen LogP contribution is 2.23. The number of para-hydroxylation sites is 2. The van der Waals surface area contributed by atoms with Crippen LogP contribution in [0.25, 0.3) is 0 Å². The van der Waals surface area contributed by atoms with Gasteiger partial charge in [0.1, 0.15) is 23.1 Å². The molecule has 0 bridgehead atoms. The normalized spacial score (nSPS) is 11.1. The van der Waals surface area contributed by atoms with Crippen molar-refractivity contribution in [2.24, 2.45) is 0 Å². The largest absolute Gasteiger partial charge is 0.426 e. The summed E-state index contributed by atoms with van der Waals surface area (Å²) < 4.78 is 37.5. The number of carbonyl (C=O) groups excluding carboxylic acids is 4. The van der Waals surface area contributed by atoms with Gasteiger partial charge in [-0.05, 0) is 81.9 Å². The van der Waals surface area contributed by atoms with E-state index in [-0.39, 0.29) is 59.9 Å². The van der Waals surface area contributed by atoms with Crippen molar-refractivity contribution in [2.75, 3.05) is 0 Å². The Morgan fingerprint density at radius 2 is 0.691 bits per heavy atom. The van der Waals surface area contributed by atoms with Crippen molar-refractivity contribution >= 4 is 33.3 Å². The highest BCUT2D eigenvalue weighted by atomic mass is 32.2. The van der Waals surface area contributed by atoms with Crippen LogP contribution >= 0.6 is 0 Å². The zero-order valence-corrected chi connectivity index (χ0v) is 30.7. The maximum atomic E-state index is 13.4. The van der Waals surface area contributed by atoms with Crippen molar-refractivity contribution in [3.8, 4) is 11.5 Å². The smallest absolute Gasteiger partial charge is 0.315 e. The standard InChI is InChI=1S/C46H38O8S/c47-39(29-35-9-7-11-37(25-35)31-45(49)53-41-13-3-1-4-14-41)27-33-17-21-43(22-18-33)55(51,52)44-23-19-34(20-24-44)28-40(48)30-36-10-8-12-38(26-36)32-46(50)54-42-15-5-2-6-16-42/h1-26H,27-32H2. The molecule has 0 atom stereocenters. The summed E-state index contributed by atoms with van der Waals surface area (Å²) in [5, 5.41) is 0. The molecule has 0 aliphatic carbocycles. The molecule has 8 nitrogen and oxygen atoms in total. The van der Waals surface area contributed by atoms with Crippen LogP contribution in [0, 0.1) is 0 Å². The van der Waals surface area contributed by atoms with E-state index in [9.17, 15) is 27.6 Å². The van der Waals surface area contributed by atoms with Crippen molar-refractivity contribution in [3.63, 3.8) is 0 Å². The number of Topliss-reactive ketones (excluding diaryl/α,β-unsaturated/α-hetero) is 2. The van der Waals surface area contributed by atoms with Gasteiger partial charge in [0.25, 0.3) is 0 Å². The van der Waals surface area contributed by atoms with Gasteiger partial charge in [-0.1, -0.05) is 109 Å². The Labute approximate surface area is 320 Å². The van der Waals surface area contributed by atoms with Gasteiger partial charge in [0.2, 0.25) is 9.84 Å². The lowest BCUT2D eigenvalue weighted by atomic mass is 10.0. The van der Waals surface area contributed by atoms with Crippen LogP contribution in [0.1, 0.15) is 33.4 Å². The lowest BCUT2D eigenvalue weighted by Crippen LogP contribution is -2.12. The van der Waals surface area contributed by atoms with Crippen LogP contribution in [0.2, 0.25) is 0 Å². The van der Waals surface area contributed by atoms with Crippen LogP contribution in [0.4, 0.5) is 0 Å². The van der Waals surface area contributed by atoms with Crippen molar-refractivity contribution in [1.29, 1.82) is 0 Å². The van der Waals surface area contributed by atoms with Crippen LogP contribution in [-0.2, 0) is 67.5 Å². The Hall–Kier alpha value is -6.45. The van der Waals surface area contributed by atoms with Gasteiger partial charge in [0.15, 0.2) is 0 Å². The van der Waals surface area contributed by atoms with E-state index >= 15 is 0 Å². The van der Waals surface area contributed by atoms with Gasteiger partial charge in [-0.3, -0.25) is 19.2 Å². The van der Waals surface area contributed by atoms with Gasteiger partial charge in [-0.2, -0.15) is 0 Å². The summed E-state index contributed by atoms with van der Waals surface area (Å²) >= 11 is 0. The van der Waals surface area contributed by atoms with Crippen molar-refractivity contribution in [1.82, 2.24) is 0 Å². The third-order valence-corrected chi connectivity index (χ3v) is 10.5. The maximum Gasteiger partial charge on any atom is 0.315 e. The summed E-state index contributed by atoms with van der Waals surface area (Å²) in [4.78, 5) is 50.8. The molecular weight excluding hydrogens is 713 g/mol. The number of sulfone groups is 1. The molecule has 9 heteroatoms. The first-order valence-corrected chi connectivity index (χ1v) is 19.2. The second kappa shape index (κ2) is 18.1. The molecular formula is C46H38O8S. The minimum atomic E-state index is -3.84.